The lowest BCUT2D eigenvalue weighted by molar-refractivity contribution is -0.137. The minimum absolute atomic E-state index is 0.0360. The molecule has 74 valence electrons. The van der Waals surface area contributed by atoms with Crippen LogP contribution in [0.5, 0.6) is 0 Å². The summed E-state index contributed by atoms with van der Waals surface area (Å²) < 4.78 is 41.5. The number of benzene rings is 1. The van der Waals surface area contributed by atoms with Crippen molar-refractivity contribution in [1.82, 2.24) is 5.16 Å². The molecule has 0 unspecified atom stereocenters. The number of hydrogen-bond donors (Lipinski definition) is 1. The van der Waals surface area contributed by atoms with Crippen molar-refractivity contribution < 1.29 is 17.7 Å². The summed E-state index contributed by atoms with van der Waals surface area (Å²) in [5.41, 5.74) is 4.80. The summed E-state index contributed by atoms with van der Waals surface area (Å²) >= 11 is 0. The second-order valence-electron chi connectivity index (χ2n) is 2.78. The highest BCUT2D eigenvalue weighted by molar-refractivity contribution is 5.87. The van der Waals surface area contributed by atoms with E-state index in [0.29, 0.717) is 0 Å². The van der Waals surface area contributed by atoms with E-state index in [1.165, 1.54) is 6.07 Å². The Bertz CT molecular complexity index is 475. The molecule has 0 amide bonds. The average molecular weight is 202 g/mol. The highest BCUT2D eigenvalue weighted by Gasteiger charge is 2.31. The van der Waals surface area contributed by atoms with E-state index in [9.17, 15) is 13.2 Å². The van der Waals surface area contributed by atoms with Crippen LogP contribution in [0, 0.1) is 0 Å². The van der Waals surface area contributed by atoms with E-state index in [1.54, 1.807) is 0 Å². The maximum absolute atomic E-state index is 12.3. The van der Waals surface area contributed by atoms with Gasteiger partial charge in [-0.25, -0.2) is 0 Å². The van der Waals surface area contributed by atoms with Crippen LogP contribution in [0.4, 0.5) is 19.0 Å². The van der Waals surface area contributed by atoms with E-state index in [0.717, 1.165) is 12.1 Å². The van der Waals surface area contributed by atoms with Crippen LogP contribution in [0.15, 0.2) is 22.7 Å². The molecule has 14 heavy (non-hydrogen) atoms. The molecule has 0 bridgehead atoms. The predicted octanol–water partition coefficient (Wildman–Crippen LogP) is 2.43. The highest BCUT2D eigenvalue weighted by atomic mass is 19.4. The molecule has 0 aliphatic rings. The SMILES string of the molecule is Nc1noc2ccc(C(F)(F)F)cc12. The largest absolute Gasteiger partial charge is 0.416 e. The lowest BCUT2D eigenvalue weighted by Gasteiger charge is -2.04. The Kier molecular flexibility index (Phi) is 1.67. The number of rotatable bonds is 0. The monoisotopic (exact) mass is 202 g/mol. The summed E-state index contributed by atoms with van der Waals surface area (Å²) in [5.74, 6) is -0.0360. The van der Waals surface area contributed by atoms with Gasteiger partial charge in [0.2, 0.25) is 0 Å². The van der Waals surface area contributed by atoms with Gasteiger partial charge in [0.15, 0.2) is 11.4 Å². The first-order valence-electron chi connectivity index (χ1n) is 3.70. The summed E-state index contributed by atoms with van der Waals surface area (Å²) in [7, 11) is 0. The van der Waals surface area contributed by atoms with Crippen molar-refractivity contribution in [2.24, 2.45) is 0 Å². The molecule has 6 heteroatoms. The fourth-order valence-electron chi connectivity index (χ4n) is 1.13. The number of aromatic nitrogens is 1. The van der Waals surface area contributed by atoms with Crippen molar-refractivity contribution in [2.75, 3.05) is 5.73 Å². The molecule has 0 saturated heterocycles. The number of anilines is 1. The summed E-state index contributed by atoms with van der Waals surface area (Å²) in [5, 5.41) is 3.53. The zero-order chi connectivity index (χ0) is 10.3. The standard InChI is InChI=1S/C8H5F3N2O/c9-8(10,11)4-1-2-6-5(3-4)7(12)13-14-6/h1-3H,(H2,12,13). The molecule has 2 aromatic rings. The Balaban J connectivity index is 2.66. The smallest absolute Gasteiger partial charge is 0.380 e. The Morgan fingerprint density at radius 3 is 2.64 bits per heavy atom. The molecule has 0 aliphatic carbocycles. The van der Waals surface area contributed by atoms with Crippen molar-refractivity contribution in [3.05, 3.63) is 23.8 Å². The van der Waals surface area contributed by atoms with E-state index in [2.05, 4.69) is 9.68 Å². The van der Waals surface area contributed by atoms with E-state index >= 15 is 0 Å². The number of fused-ring (bicyclic) bond motifs is 1. The topological polar surface area (TPSA) is 52.0 Å². The number of nitrogen functional groups attached to an aromatic ring is 1. The Hall–Kier alpha value is -1.72. The van der Waals surface area contributed by atoms with E-state index in [4.69, 9.17) is 5.73 Å². The molecular formula is C8H5F3N2O. The number of alkyl halides is 3. The minimum Gasteiger partial charge on any atom is -0.380 e. The van der Waals surface area contributed by atoms with Gasteiger partial charge in [0.25, 0.3) is 0 Å². The van der Waals surface area contributed by atoms with Crippen molar-refractivity contribution in [1.29, 1.82) is 0 Å². The van der Waals surface area contributed by atoms with Gasteiger partial charge in [-0.1, -0.05) is 5.16 Å². The van der Waals surface area contributed by atoms with Gasteiger partial charge in [-0.15, -0.1) is 0 Å². The van der Waals surface area contributed by atoms with Crippen LogP contribution >= 0.6 is 0 Å². The van der Waals surface area contributed by atoms with Crippen molar-refractivity contribution in [3.8, 4) is 0 Å². The van der Waals surface area contributed by atoms with Crippen LogP contribution in [0.2, 0.25) is 0 Å². The predicted molar refractivity (Wildman–Crippen MR) is 43.4 cm³/mol. The van der Waals surface area contributed by atoms with Gasteiger partial charge in [-0.3, -0.25) is 0 Å². The van der Waals surface area contributed by atoms with Crippen molar-refractivity contribution in [2.45, 2.75) is 6.18 Å². The molecular weight excluding hydrogens is 197 g/mol. The van der Waals surface area contributed by atoms with Crippen LogP contribution in [-0.2, 0) is 6.18 Å². The first-order valence-corrected chi connectivity index (χ1v) is 3.70. The first kappa shape index (κ1) is 8.86. The normalized spacial score (nSPS) is 12.2. The molecule has 0 spiro atoms. The maximum atomic E-state index is 12.3. The molecule has 1 aromatic carbocycles. The summed E-state index contributed by atoms with van der Waals surface area (Å²) in [6.45, 7) is 0. The van der Waals surface area contributed by atoms with Gasteiger partial charge in [0, 0.05) is 0 Å². The Morgan fingerprint density at radius 1 is 1.29 bits per heavy atom. The highest BCUT2D eigenvalue weighted by Crippen LogP contribution is 2.32. The number of halogens is 3. The summed E-state index contributed by atoms with van der Waals surface area (Å²) in [6, 6.07) is 3.04. The van der Waals surface area contributed by atoms with Crippen LogP contribution in [0.25, 0.3) is 11.0 Å². The molecule has 2 rings (SSSR count). The van der Waals surface area contributed by atoms with Gasteiger partial charge in [-0.05, 0) is 18.2 Å². The lowest BCUT2D eigenvalue weighted by Crippen LogP contribution is -2.04. The molecule has 0 radical (unpaired) electrons. The van der Waals surface area contributed by atoms with Crippen molar-refractivity contribution >= 4 is 16.8 Å². The molecule has 3 nitrogen and oxygen atoms in total. The van der Waals surface area contributed by atoms with Crippen molar-refractivity contribution in [3.63, 3.8) is 0 Å². The fourth-order valence-corrected chi connectivity index (χ4v) is 1.13. The second kappa shape index (κ2) is 2.63. The van der Waals surface area contributed by atoms with Crippen LogP contribution in [-0.4, -0.2) is 5.16 Å². The molecule has 1 heterocycles. The molecule has 0 fully saturated rings. The molecule has 0 aliphatic heterocycles. The summed E-state index contributed by atoms with van der Waals surface area (Å²) in [4.78, 5) is 0. The first-order chi connectivity index (χ1) is 6.48. The van der Waals surface area contributed by atoms with Gasteiger partial charge in [0.05, 0.1) is 10.9 Å². The molecule has 0 atom stereocenters. The molecule has 0 saturated carbocycles. The Morgan fingerprint density at radius 2 is 2.00 bits per heavy atom. The fraction of sp³-hybridized carbons (Fsp3) is 0.125. The van der Waals surface area contributed by atoms with Gasteiger partial charge in [0.1, 0.15) is 0 Å². The van der Waals surface area contributed by atoms with E-state index in [-0.39, 0.29) is 16.8 Å². The number of nitrogens with zero attached hydrogens (tertiary/aromatic N) is 1. The third-order valence-corrected chi connectivity index (χ3v) is 1.83. The minimum atomic E-state index is -4.38. The zero-order valence-corrected chi connectivity index (χ0v) is 6.80. The van der Waals surface area contributed by atoms with E-state index < -0.39 is 11.7 Å². The van der Waals surface area contributed by atoms with Crippen LogP contribution in [0.3, 0.4) is 0 Å². The molecule has 2 N–H and O–H groups in total. The number of hydrogen-bond acceptors (Lipinski definition) is 3. The molecule has 1 aromatic heterocycles. The summed E-state index contributed by atoms with van der Waals surface area (Å²) in [6.07, 6.45) is -4.38. The van der Waals surface area contributed by atoms with Gasteiger partial charge >= 0.3 is 6.18 Å². The lowest BCUT2D eigenvalue weighted by atomic mass is 10.1. The Labute approximate surface area is 76.3 Å². The zero-order valence-electron chi connectivity index (χ0n) is 6.80. The average Bonchev–Trinajstić information content (AvgIpc) is 2.46. The second-order valence-corrected chi connectivity index (χ2v) is 2.78. The van der Waals surface area contributed by atoms with Crippen LogP contribution in [0.1, 0.15) is 5.56 Å². The quantitative estimate of drug-likeness (QED) is 0.713. The van der Waals surface area contributed by atoms with Gasteiger partial charge in [-0.2, -0.15) is 13.2 Å². The van der Waals surface area contributed by atoms with Crippen LogP contribution < -0.4 is 5.73 Å². The number of nitrogens with two attached hydrogens (primary N) is 1. The van der Waals surface area contributed by atoms with E-state index in [1.807, 2.05) is 0 Å². The third-order valence-electron chi connectivity index (χ3n) is 1.83. The third kappa shape index (κ3) is 1.28. The maximum Gasteiger partial charge on any atom is 0.416 e. The van der Waals surface area contributed by atoms with Gasteiger partial charge < -0.3 is 10.3 Å².